The fraction of sp³-hybridized carbons (Fsp3) is 0.625. The first kappa shape index (κ1) is 16.9. The molecule has 21 heavy (non-hydrogen) atoms. The number of ether oxygens (including phenoxy) is 1. The van der Waals surface area contributed by atoms with E-state index in [1.807, 2.05) is 0 Å². The lowest BCUT2D eigenvalue weighted by Gasteiger charge is -2.19. The molecule has 1 saturated carbocycles. The predicted molar refractivity (Wildman–Crippen MR) is 87.4 cm³/mol. The Morgan fingerprint density at radius 3 is 2.76 bits per heavy atom. The molecular formula is C16H23Cl2NO2. The van der Waals surface area contributed by atoms with Gasteiger partial charge in [0.15, 0.2) is 0 Å². The van der Waals surface area contributed by atoms with Crippen LogP contribution in [-0.4, -0.2) is 30.4 Å². The quantitative estimate of drug-likeness (QED) is 0.830. The average molecular weight is 332 g/mol. The molecule has 5 heteroatoms. The molecule has 3 nitrogen and oxygen atoms in total. The van der Waals surface area contributed by atoms with Crippen LogP contribution in [0.2, 0.25) is 10.0 Å². The van der Waals surface area contributed by atoms with E-state index in [1.54, 1.807) is 18.2 Å². The van der Waals surface area contributed by atoms with Crippen molar-refractivity contribution in [2.75, 3.05) is 13.2 Å². The second-order valence-corrected chi connectivity index (χ2v) is 7.37. The molecule has 2 rings (SSSR count). The summed E-state index contributed by atoms with van der Waals surface area (Å²) < 4.78 is 5.53. The van der Waals surface area contributed by atoms with Crippen molar-refractivity contribution in [2.45, 2.75) is 45.3 Å². The third-order valence-electron chi connectivity index (χ3n) is 3.94. The maximum atomic E-state index is 9.98. The van der Waals surface area contributed by atoms with Crippen LogP contribution < -0.4 is 10.1 Å². The van der Waals surface area contributed by atoms with Gasteiger partial charge < -0.3 is 15.2 Å². The average Bonchev–Trinajstić information content (AvgIpc) is 2.77. The van der Waals surface area contributed by atoms with Crippen LogP contribution in [0.25, 0.3) is 0 Å². The van der Waals surface area contributed by atoms with Crippen LogP contribution in [0.4, 0.5) is 0 Å². The molecule has 1 aliphatic carbocycles. The summed E-state index contributed by atoms with van der Waals surface area (Å²) in [6, 6.07) is 5.58. The molecular weight excluding hydrogens is 309 g/mol. The van der Waals surface area contributed by atoms with E-state index in [2.05, 4.69) is 19.2 Å². The van der Waals surface area contributed by atoms with Crippen LogP contribution in [0.1, 0.15) is 33.1 Å². The maximum Gasteiger partial charge on any atom is 0.121 e. The Labute approximate surface area is 136 Å². The number of hydrogen-bond donors (Lipinski definition) is 2. The van der Waals surface area contributed by atoms with E-state index in [0.717, 1.165) is 6.42 Å². The first-order valence-electron chi connectivity index (χ1n) is 7.35. The highest BCUT2D eigenvalue weighted by Crippen LogP contribution is 2.36. The van der Waals surface area contributed by atoms with Gasteiger partial charge in [0.05, 0.1) is 10.0 Å². The number of aliphatic hydroxyl groups excluding tert-OH is 1. The molecule has 1 fully saturated rings. The first-order chi connectivity index (χ1) is 9.85. The largest absolute Gasteiger partial charge is 0.491 e. The molecule has 0 aliphatic heterocycles. The topological polar surface area (TPSA) is 41.5 Å². The molecule has 0 radical (unpaired) electrons. The Morgan fingerprint density at radius 1 is 1.38 bits per heavy atom. The Balaban J connectivity index is 1.70. The van der Waals surface area contributed by atoms with E-state index < -0.39 is 6.10 Å². The summed E-state index contributed by atoms with van der Waals surface area (Å²) in [7, 11) is 0. The van der Waals surface area contributed by atoms with Crippen molar-refractivity contribution in [3.05, 3.63) is 28.2 Å². The Morgan fingerprint density at radius 2 is 2.14 bits per heavy atom. The van der Waals surface area contributed by atoms with E-state index >= 15 is 0 Å². The van der Waals surface area contributed by atoms with Crippen molar-refractivity contribution in [3.63, 3.8) is 0 Å². The Hall–Kier alpha value is -0.480. The highest BCUT2D eigenvalue weighted by Gasteiger charge is 2.30. The van der Waals surface area contributed by atoms with Crippen molar-refractivity contribution in [2.24, 2.45) is 5.41 Å². The monoisotopic (exact) mass is 331 g/mol. The summed E-state index contributed by atoms with van der Waals surface area (Å²) >= 11 is 11.8. The lowest BCUT2D eigenvalue weighted by molar-refractivity contribution is 0.103. The van der Waals surface area contributed by atoms with Crippen molar-refractivity contribution in [1.82, 2.24) is 5.32 Å². The minimum absolute atomic E-state index is 0.237. The molecule has 118 valence electrons. The summed E-state index contributed by atoms with van der Waals surface area (Å²) in [5, 5.41) is 14.3. The van der Waals surface area contributed by atoms with Gasteiger partial charge in [0.1, 0.15) is 18.5 Å². The molecule has 0 amide bonds. The second kappa shape index (κ2) is 7.19. The summed E-state index contributed by atoms with van der Waals surface area (Å²) in [5.74, 6) is 0.616. The lowest BCUT2D eigenvalue weighted by atomic mass is 9.92. The maximum absolute atomic E-state index is 9.98. The predicted octanol–water partition coefficient (Wildman–Crippen LogP) is 3.90. The number of aliphatic hydroxyl groups is 1. The zero-order valence-corrected chi connectivity index (χ0v) is 14.0. The molecule has 0 bridgehead atoms. The number of hydrogen-bond acceptors (Lipinski definition) is 3. The van der Waals surface area contributed by atoms with Gasteiger partial charge in [-0.1, -0.05) is 37.0 Å². The van der Waals surface area contributed by atoms with Gasteiger partial charge in [-0.25, -0.2) is 0 Å². The molecule has 0 heterocycles. The molecule has 2 atom stereocenters. The molecule has 0 aromatic heterocycles. The van der Waals surface area contributed by atoms with Crippen LogP contribution in [-0.2, 0) is 0 Å². The normalized spacial score (nSPS) is 22.2. The first-order valence-corrected chi connectivity index (χ1v) is 8.11. The number of nitrogens with one attached hydrogen (secondary N) is 1. The van der Waals surface area contributed by atoms with Crippen molar-refractivity contribution >= 4 is 23.2 Å². The highest BCUT2D eigenvalue weighted by molar-refractivity contribution is 6.42. The van der Waals surface area contributed by atoms with Crippen LogP contribution in [0.5, 0.6) is 5.75 Å². The van der Waals surface area contributed by atoms with Crippen LogP contribution >= 0.6 is 23.2 Å². The van der Waals surface area contributed by atoms with Gasteiger partial charge in [-0.05, 0) is 36.8 Å². The second-order valence-electron chi connectivity index (χ2n) is 6.55. The van der Waals surface area contributed by atoms with E-state index in [4.69, 9.17) is 27.9 Å². The Bertz CT molecular complexity index is 479. The summed E-state index contributed by atoms with van der Waals surface area (Å²) in [6.45, 7) is 5.36. The molecule has 2 N–H and O–H groups in total. The standard InChI is InChI=1S/C16H23Cl2NO2/c1-16(2)6-5-11(8-16)19-9-12(20)10-21-13-3-4-14(17)15(18)7-13/h3-4,7,11-12,19-20H,5-6,8-10H2,1-2H3. The SMILES string of the molecule is CC1(C)CCC(NCC(O)COc2ccc(Cl)c(Cl)c2)C1. The van der Waals surface area contributed by atoms with Gasteiger partial charge in [0, 0.05) is 18.7 Å². The molecule has 1 aromatic rings. The van der Waals surface area contributed by atoms with Gasteiger partial charge >= 0.3 is 0 Å². The smallest absolute Gasteiger partial charge is 0.121 e. The third-order valence-corrected chi connectivity index (χ3v) is 4.68. The van der Waals surface area contributed by atoms with Gasteiger partial charge in [0.25, 0.3) is 0 Å². The molecule has 1 aliphatic rings. The molecule has 0 saturated heterocycles. The zero-order chi connectivity index (χ0) is 15.5. The van der Waals surface area contributed by atoms with E-state index in [0.29, 0.717) is 33.8 Å². The fourth-order valence-electron chi connectivity index (χ4n) is 2.73. The summed E-state index contributed by atoms with van der Waals surface area (Å²) in [5.41, 5.74) is 0.416. The molecule has 0 spiro atoms. The number of halogens is 2. The van der Waals surface area contributed by atoms with E-state index in [-0.39, 0.29) is 6.61 Å². The third kappa shape index (κ3) is 5.33. The fourth-order valence-corrected chi connectivity index (χ4v) is 3.02. The van der Waals surface area contributed by atoms with Crippen LogP contribution in [0.15, 0.2) is 18.2 Å². The van der Waals surface area contributed by atoms with Crippen LogP contribution in [0.3, 0.4) is 0 Å². The van der Waals surface area contributed by atoms with Crippen LogP contribution in [0, 0.1) is 5.41 Å². The van der Waals surface area contributed by atoms with E-state index in [9.17, 15) is 5.11 Å². The van der Waals surface area contributed by atoms with Crippen molar-refractivity contribution < 1.29 is 9.84 Å². The number of benzene rings is 1. The van der Waals surface area contributed by atoms with Crippen molar-refractivity contribution in [3.8, 4) is 5.75 Å². The molecule has 2 unspecified atom stereocenters. The van der Waals surface area contributed by atoms with Gasteiger partial charge in [-0.2, -0.15) is 0 Å². The van der Waals surface area contributed by atoms with Gasteiger partial charge in [0.2, 0.25) is 0 Å². The minimum Gasteiger partial charge on any atom is -0.491 e. The summed E-state index contributed by atoms with van der Waals surface area (Å²) in [4.78, 5) is 0. The molecule has 1 aromatic carbocycles. The van der Waals surface area contributed by atoms with Crippen molar-refractivity contribution in [1.29, 1.82) is 0 Å². The zero-order valence-electron chi connectivity index (χ0n) is 12.5. The Kier molecular flexibility index (Phi) is 5.78. The van der Waals surface area contributed by atoms with Gasteiger partial charge in [-0.3, -0.25) is 0 Å². The highest BCUT2D eigenvalue weighted by atomic mass is 35.5. The minimum atomic E-state index is -0.539. The lowest BCUT2D eigenvalue weighted by Crippen LogP contribution is -2.37. The summed E-state index contributed by atoms with van der Waals surface area (Å²) in [6.07, 6.45) is 3.03. The van der Waals surface area contributed by atoms with Gasteiger partial charge in [-0.15, -0.1) is 0 Å². The van der Waals surface area contributed by atoms with E-state index in [1.165, 1.54) is 12.8 Å². The number of rotatable bonds is 6.